The van der Waals surface area contributed by atoms with Crippen LogP contribution in [0.3, 0.4) is 0 Å². The number of rotatable bonds is 4. The number of carbonyl (C=O) groups is 1. The van der Waals surface area contributed by atoms with Crippen molar-refractivity contribution in [2.45, 2.75) is 39.0 Å². The van der Waals surface area contributed by atoms with Crippen LogP contribution in [0.4, 0.5) is 10.1 Å². The monoisotopic (exact) mass is 377 g/mol. The van der Waals surface area contributed by atoms with E-state index in [0.29, 0.717) is 17.3 Å². The molecule has 0 radical (unpaired) electrons. The van der Waals surface area contributed by atoms with Crippen LogP contribution in [0, 0.1) is 5.82 Å². The lowest BCUT2D eigenvalue weighted by molar-refractivity contribution is -0.116. The van der Waals surface area contributed by atoms with E-state index in [2.05, 4.69) is 54.2 Å². The molecule has 0 aliphatic carbocycles. The number of hydrogen-bond acceptors (Lipinski definition) is 1. The zero-order valence-corrected chi connectivity index (χ0v) is 15.2. The lowest BCUT2D eigenvalue weighted by atomic mass is 9.86. The number of aryl methyl sites for hydroxylation is 1. The Bertz CT molecular complexity index is 690. The first-order valence-corrected chi connectivity index (χ1v) is 8.39. The summed E-state index contributed by atoms with van der Waals surface area (Å²) in [4.78, 5) is 12.0. The molecule has 0 atom stereocenters. The van der Waals surface area contributed by atoms with Crippen molar-refractivity contribution in [3.8, 4) is 0 Å². The van der Waals surface area contributed by atoms with Crippen molar-refractivity contribution in [1.82, 2.24) is 0 Å². The Morgan fingerprint density at radius 1 is 1.13 bits per heavy atom. The first-order chi connectivity index (χ1) is 10.8. The van der Waals surface area contributed by atoms with E-state index in [9.17, 15) is 9.18 Å². The van der Waals surface area contributed by atoms with Crippen LogP contribution in [0.1, 0.15) is 38.3 Å². The van der Waals surface area contributed by atoms with Crippen LogP contribution in [0.5, 0.6) is 0 Å². The molecule has 2 aromatic rings. The Balaban J connectivity index is 1.91. The number of halogens is 2. The van der Waals surface area contributed by atoms with Gasteiger partial charge < -0.3 is 5.32 Å². The third-order valence-corrected chi connectivity index (χ3v) is 4.16. The summed E-state index contributed by atoms with van der Waals surface area (Å²) in [6.45, 7) is 6.51. The van der Waals surface area contributed by atoms with E-state index in [1.54, 1.807) is 12.1 Å². The van der Waals surface area contributed by atoms with Gasteiger partial charge in [-0.25, -0.2) is 4.39 Å². The summed E-state index contributed by atoms with van der Waals surface area (Å²) in [6.07, 6.45) is 0.957. The minimum atomic E-state index is -0.442. The topological polar surface area (TPSA) is 29.1 Å². The second-order valence-corrected chi connectivity index (χ2v) is 7.53. The summed E-state index contributed by atoms with van der Waals surface area (Å²) in [6, 6.07) is 12.9. The third-order valence-electron chi connectivity index (χ3n) is 3.67. The minimum absolute atomic E-state index is 0.120. The Morgan fingerprint density at radius 2 is 1.78 bits per heavy atom. The van der Waals surface area contributed by atoms with Crippen LogP contribution in [-0.2, 0) is 16.6 Å². The highest BCUT2D eigenvalue weighted by Crippen LogP contribution is 2.23. The zero-order valence-electron chi connectivity index (χ0n) is 13.6. The highest BCUT2D eigenvalue weighted by Gasteiger charge is 2.13. The van der Waals surface area contributed by atoms with E-state index in [1.165, 1.54) is 11.6 Å². The Morgan fingerprint density at radius 3 is 2.35 bits per heavy atom. The number of nitrogens with one attached hydrogen (secondary N) is 1. The first kappa shape index (κ1) is 17.7. The first-order valence-electron chi connectivity index (χ1n) is 7.60. The molecule has 1 amide bonds. The second kappa shape index (κ2) is 7.26. The van der Waals surface area contributed by atoms with Crippen LogP contribution in [0.2, 0.25) is 0 Å². The van der Waals surface area contributed by atoms with Crippen molar-refractivity contribution in [3.05, 3.63) is 63.9 Å². The van der Waals surface area contributed by atoms with Crippen molar-refractivity contribution in [2.24, 2.45) is 0 Å². The van der Waals surface area contributed by atoms with Gasteiger partial charge in [-0.15, -0.1) is 0 Å². The van der Waals surface area contributed by atoms with Crippen LogP contribution < -0.4 is 5.32 Å². The minimum Gasteiger partial charge on any atom is -0.324 e. The molecule has 0 heterocycles. The molecule has 0 aliphatic rings. The van der Waals surface area contributed by atoms with E-state index in [1.807, 2.05) is 12.1 Å². The van der Waals surface area contributed by atoms with Crippen molar-refractivity contribution in [1.29, 1.82) is 0 Å². The molecule has 1 N–H and O–H groups in total. The van der Waals surface area contributed by atoms with Gasteiger partial charge >= 0.3 is 0 Å². The van der Waals surface area contributed by atoms with Crippen molar-refractivity contribution in [3.63, 3.8) is 0 Å². The fourth-order valence-corrected chi connectivity index (χ4v) is 2.57. The molecule has 0 saturated carbocycles. The summed E-state index contributed by atoms with van der Waals surface area (Å²) >= 11 is 3.19. The van der Waals surface area contributed by atoms with Gasteiger partial charge in [-0.1, -0.05) is 61.0 Å². The lowest BCUT2D eigenvalue weighted by Gasteiger charge is -2.19. The summed E-state index contributed by atoms with van der Waals surface area (Å²) in [7, 11) is 0. The van der Waals surface area contributed by atoms with Gasteiger partial charge in [-0.05, 0) is 41.2 Å². The molecular weight excluding hydrogens is 357 g/mol. The molecule has 4 heteroatoms. The molecule has 0 fully saturated rings. The summed E-state index contributed by atoms with van der Waals surface area (Å²) in [5, 5.41) is 2.61. The van der Waals surface area contributed by atoms with Crippen molar-refractivity contribution >= 4 is 27.5 Å². The van der Waals surface area contributed by atoms with Gasteiger partial charge in [0.15, 0.2) is 0 Å². The number of benzene rings is 2. The number of carbonyl (C=O) groups excluding carboxylic acids is 1. The maximum Gasteiger partial charge on any atom is 0.224 e. The highest BCUT2D eigenvalue weighted by molar-refractivity contribution is 9.10. The smallest absolute Gasteiger partial charge is 0.224 e. The molecule has 2 aromatic carbocycles. The number of hydrogen-bond donors (Lipinski definition) is 1. The Hall–Kier alpha value is -1.68. The molecule has 0 aromatic heterocycles. The van der Waals surface area contributed by atoms with Crippen LogP contribution in [0.15, 0.2) is 46.9 Å². The SMILES string of the molecule is CC(C)(C)c1ccc(CCC(=O)Nc2ccc(Br)cc2F)cc1. The van der Waals surface area contributed by atoms with Crippen LogP contribution >= 0.6 is 15.9 Å². The quantitative estimate of drug-likeness (QED) is 0.752. The fraction of sp³-hybridized carbons (Fsp3) is 0.316. The normalized spacial score (nSPS) is 11.3. The average Bonchev–Trinajstić information content (AvgIpc) is 2.47. The van der Waals surface area contributed by atoms with E-state index >= 15 is 0 Å². The molecular formula is C19H21BrFNO. The summed E-state index contributed by atoms with van der Waals surface area (Å²) < 4.78 is 14.3. The highest BCUT2D eigenvalue weighted by atomic mass is 79.9. The maximum absolute atomic E-state index is 13.7. The Labute approximate surface area is 145 Å². The zero-order chi connectivity index (χ0) is 17.0. The van der Waals surface area contributed by atoms with Crippen molar-refractivity contribution < 1.29 is 9.18 Å². The molecule has 0 unspecified atom stereocenters. The lowest BCUT2D eigenvalue weighted by Crippen LogP contribution is -2.14. The molecule has 0 aliphatic heterocycles. The molecule has 2 rings (SSSR count). The van der Waals surface area contributed by atoms with Gasteiger partial charge in [0.25, 0.3) is 0 Å². The van der Waals surface area contributed by atoms with Gasteiger partial charge in [0.1, 0.15) is 5.82 Å². The van der Waals surface area contributed by atoms with Gasteiger partial charge in [-0.2, -0.15) is 0 Å². The third kappa shape index (κ3) is 5.17. The maximum atomic E-state index is 13.7. The van der Waals surface area contributed by atoms with Crippen molar-refractivity contribution in [2.75, 3.05) is 5.32 Å². The van der Waals surface area contributed by atoms with E-state index in [0.717, 1.165) is 5.56 Å². The van der Waals surface area contributed by atoms with E-state index in [-0.39, 0.29) is 17.0 Å². The number of amides is 1. The van der Waals surface area contributed by atoms with Gasteiger partial charge in [0.2, 0.25) is 5.91 Å². The van der Waals surface area contributed by atoms with Gasteiger partial charge in [0.05, 0.1) is 5.69 Å². The molecule has 2 nitrogen and oxygen atoms in total. The fourth-order valence-electron chi connectivity index (χ4n) is 2.23. The number of anilines is 1. The largest absolute Gasteiger partial charge is 0.324 e. The average molecular weight is 378 g/mol. The predicted octanol–water partition coefficient (Wildman–Crippen LogP) is 5.46. The van der Waals surface area contributed by atoms with Gasteiger partial charge in [-0.3, -0.25) is 4.79 Å². The molecule has 0 spiro atoms. The predicted molar refractivity (Wildman–Crippen MR) is 96.2 cm³/mol. The summed E-state index contributed by atoms with van der Waals surface area (Å²) in [5.74, 6) is -0.631. The molecule has 0 saturated heterocycles. The Kier molecular flexibility index (Phi) is 5.58. The van der Waals surface area contributed by atoms with Gasteiger partial charge in [0, 0.05) is 10.9 Å². The van der Waals surface area contributed by atoms with E-state index < -0.39 is 5.82 Å². The molecule has 122 valence electrons. The molecule has 0 bridgehead atoms. The van der Waals surface area contributed by atoms with Crippen LogP contribution in [0.25, 0.3) is 0 Å². The summed E-state index contributed by atoms with van der Waals surface area (Å²) in [5.41, 5.74) is 2.70. The van der Waals surface area contributed by atoms with Crippen LogP contribution in [-0.4, -0.2) is 5.91 Å². The molecule has 23 heavy (non-hydrogen) atoms. The van der Waals surface area contributed by atoms with E-state index in [4.69, 9.17) is 0 Å². The second-order valence-electron chi connectivity index (χ2n) is 6.62. The standard InChI is InChI=1S/C19H21BrFNO/c1-19(2,3)14-7-4-13(5-8-14)6-11-18(23)22-17-10-9-15(20)12-16(17)21/h4-5,7-10,12H,6,11H2,1-3H3,(H,22,23).